The second kappa shape index (κ2) is 11.6. The van der Waals surface area contributed by atoms with Gasteiger partial charge in [-0.1, -0.05) is 20.3 Å². The van der Waals surface area contributed by atoms with E-state index in [1.807, 2.05) is 13.8 Å². The molecule has 1 fully saturated rings. The monoisotopic (exact) mass is 476 g/mol. The van der Waals surface area contributed by atoms with Crippen molar-refractivity contribution >= 4 is 33.4 Å². The van der Waals surface area contributed by atoms with Crippen molar-refractivity contribution in [3.05, 3.63) is 32.3 Å². The van der Waals surface area contributed by atoms with Gasteiger partial charge in [0.25, 0.3) is 5.56 Å². The van der Waals surface area contributed by atoms with Crippen molar-refractivity contribution in [3.8, 4) is 0 Å². The first-order valence-electron chi connectivity index (χ1n) is 12.1. The first kappa shape index (κ1) is 25.2. The van der Waals surface area contributed by atoms with E-state index in [-0.39, 0.29) is 41.8 Å². The molecule has 33 heavy (non-hydrogen) atoms. The summed E-state index contributed by atoms with van der Waals surface area (Å²) in [4.78, 5) is 51.2. The van der Waals surface area contributed by atoms with Crippen molar-refractivity contribution in [3.63, 3.8) is 0 Å². The van der Waals surface area contributed by atoms with Crippen LogP contribution in [0.1, 0.15) is 65.7 Å². The summed E-state index contributed by atoms with van der Waals surface area (Å²) in [6, 6.07) is 1.75. The third-order valence-corrected chi connectivity index (χ3v) is 7.54. The largest absolute Gasteiger partial charge is 0.356 e. The number of nitrogens with zero attached hydrogens (tertiary/aromatic N) is 2. The lowest BCUT2D eigenvalue weighted by Gasteiger charge is -2.28. The van der Waals surface area contributed by atoms with Crippen LogP contribution in [-0.4, -0.2) is 33.5 Å². The molecule has 0 saturated heterocycles. The van der Waals surface area contributed by atoms with E-state index >= 15 is 0 Å². The maximum atomic E-state index is 13.3. The predicted octanol–water partition coefficient (Wildman–Crippen LogP) is 2.86. The van der Waals surface area contributed by atoms with Crippen LogP contribution in [0.3, 0.4) is 0 Å². The summed E-state index contributed by atoms with van der Waals surface area (Å²) >= 11 is 1.29. The molecule has 182 valence electrons. The Kier molecular flexibility index (Phi) is 8.88. The molecule has 2 amide bonds. The topological polar surface area (TPSA) is 102 Å². The van der Waals surface area contributed by atoms with Gasteiger partial charge in [-0.05, 0) is 62.8 Å². The Labute approximate surface area is 198 Å². The summed E-state index contributed by atoms with van der Waals surface area (Å²) < 4.78 is 3.20. The van der Waals surface area contributed by atoms with Gasteiger partial charge in [0, 0.05) is 25.0 Å². The molecule has 1 atom stereocenters. The van der Waals surface area contributed by atoms with Crippen LogP contribution in [-0.2, 0) is 22.7 Å². The van der Waals surface area contributed by atoms with Crippen molar-refractivity contribution in [2.45, 2.75) is 84.8 Å². The number of amides is 2. The second-order valence-corrected chi connectivity index (χ2v) is 10.1. The third kappa shape index (κ3) is 6.13. The number of nitrogens with one attached hydrogen (secondary N) is 2. The number of carbonyl (C=O) groups is 2. The van der Waals surface area contributed by atoms with Crippen molar-refractivity contribution in [1.29, 1.82) is 0 Å². The fraction of sp³-hybridized carbons (Fsp3) is 0.667. The lowest BCUT2D eigenvalue weighted by atomic mass is 9.81. The number of unbranched alkanes of at least 4 members (excludes halogenated alkanes) is 1. The minimum absolute atomic E-state index is 0.00973. The summed E-state index contributed by atoms with van der Waals surface area (Å²) in [6.07, 6.45) is 5.97. The van der Waals surface area contributed by atoms with Crippen molar-refractivity contribution < 1.29 is 9.59 Å². The van der Waals surface area contributed by atoms with Gasteiger partial charge in [-0.15, -0.1) is 11.3 Å². The number of fused-ring (bicyclic) bond motifs is 1. The van der Waals surface area contributed by atoms with Crippen LogP contribution in [0.25, 0.3) is 10.2 Å². The molecule has 0 spiro atoms. The highest BCUT2D eigenvalue weighted by atomic mass is 32.1. The zero-order valence-corrected chi connectivity index (χ0v) is 20.7. The first-order chi connectivity index (χ1) is 15.8. The molecule has 1 aliphatic carbocycles. The molecule has 9 heteroatoms. The molecule has 2 heterocycles. The zero-order valence-electron chi connectivity index (χ0n) is 19.9. The van der Waals surface area contributed by atoms with Crippen molar-refractivity contribution in [2.75, 3.05) is 6.54 Å². The Morgan fingerprint density at radius 1 is 1.15 bits per heavy atom. The lowest BCUT2D eigenvalue weighted by Crippen LogP contribution is -2.44. The molecule has 1 aliphatic rings. The SMILES string of the molecule is CCCCNC(=O)C1CCC(Cn2c(=O)c3sccc3n(CC(=O)N[C@H](C)CC)c2=O)CC1. The molecule has 3 rings (SSSR count). The van der Waals surface area contributed by atoms with Crippen LogP contribution < -0.4 is 21.9 Å². The van der Waals surface area contributed by atoms with Crippen molar-refractivity contribution in [1.82, 2.24) is 19.8 Å². The maximum absolute atomic E-state index is 13.3. The standard InChI is InChI=1S/C24H36N4O4S/c1-4-6-12-25-22(30)18-9-7-17(8-10-18)14-28-23(31)21-19(11-13-33-21)27(24(28)32)15-20(29)26-16(3)5-2/h11,13,16-18H,4-10,12,14-15H2,1-3H3,(H,25,30)(H,26,29)/t16-,17?,18?/m1/s1. The average Bonchev–Trinajstić information content (AvgIpc) is 3.30. The van der Waals surface area contributed by atoms with Gasteiger partial charge in [-0.3, -0.25) is 23.5 Å². The molecular formula is C24H36N4O4S. The Morgan fingerprint density at radius 2 is 1.88 bits per heavy atom. The molecule has 8 nitrogen and oxygen atoms in total. The van der Waals surface area contributed by atoms with Crippen molar-refractivity contribution in [2.24, 2.45) is 11.8 Å². The highest BCUT2D eigenvalue weighted by Gasteiger charge is 2.27. The summed E-state index contributed by atoms with van der Waals surface area (Å²) in [6.45, 7) is 6.93. The fourth-order valence-electron chi connectivity index (χ4n) is 4.41. The maximum Gasteiger partial charge on any atom is 0.332 e. The number of thiophene rings is 1. The van der Waals surface area contributed by atoms with E-state index in [4.69, 9.17) is 0 Å². The van der Waals surface area contributed by atoms with E-state index in [2.05, 4.69) is 17.6 Å². The average molecular weight is 477 g/mol. The smallest absolute Gasteiger partial charge is 0.332 e. The molecule has 0 unspecified atom stereocenters. The van der Waals surface area contributed by atoms with Gasteiger partial charge in [0.2, 0.25) is 11.8 Å². The number of aromatic nitrogens is 2. The van der Waals surface area contributed by atoms with Gasteiger partial charge < -0.3 is 10.6 Å². The Bertz CT molecular complexity index is 1080. The molecule has 1 saturated carbocycles. The van der Waals surface area contributed by atoms with E-state index < -0.39 is 5.69 Å². The summed E-state index contributed by atoms with van der Waals surface area (Å²) in [5.74, 6) is 0.0536. The fourth-order valence-corrected chi connectivity index (χ4v) is 5.25. The summed E-state index contributed by atoms with van der Waals surface area (Å²) in [5, 5.41) is 7.68. The Hall–Kier alpha value is -2.42. The van der Waals surface area contributed by atoms with E-state index in [0.29, 0.717) is 16.8 Å². The summed E-state index contributed by atoms with van der Waals surface area (Å²) in [7, 11) is 0. The molecule has 2 aromatic rings. The quantitative estimate of drug-likeness (QED) is 0.515. The highest BCUT2D eigenvalue weighted by Crippen LogP contribution is 2.29. The van der Waals surface area contributed by atoms with Crippen LogP contribution >= 0.6 is 11.3 Å². The minimum Gasteiger partial charge on any atom is -0.356 e. The van der Waals surface area contributed by atoms with Gasteiger partial charge in [0.15, 0.2) is 0 Å². The van der Waals surface area contributed by atoms with E-state index in [1.54, 1.807) is 11.4 Å². The van der Waals surface area contributed by atoms with Crippen LogP contribution in [0.5, 0.6) is 0 Å². The minimum atomic E-state index is -0.440. The predicted molar refractivity (Wildman–Crippen MR) is 132 cm³/mol. The molecule has 0 aromatic carbocycles. The molecular weight excluding hydrogens is 440 g/mol. The van der Waals surface area contributed by atoms with Crippen LogP contribution in [0, 0.1) is 11.8 Å². The van der Waals surface area contributed by atoms with Gasteiger partial charge >= 0.3 is 5.69 Å². The number of hydrogen-bond acceptors (Lipinski definition) is 5. The van der Waals surface area contributed by atoms with E-state index in [9.17, 15) is 19.2 Å². The molecule has 2 aromatic heterocycles. The number of carbonyl (C=O) groups excluding carboxylic acids is 2. The normalized spacial score (nSPS) is 19.4. The second-order valence-electron chi connectivity index (χ2n) is 9.16. The molecule has 0 aliphatic heterocycles. The molecule has 0 radical (unpaired) electrons. The third-order valence-electron chi connectivity index (χ3n) is 6.65. The number of rotatable bonds is 10. The lowest BCUT2D eigenvalue weighted by molar-refractivity contribution is -0.126. The molecule has 0 bridgehead atoms. The van der Waals surface area contributed by atoms with Gasteiger partial charge in [-0.25, -0.2) is 4.79 Å². The van der Waals surface area contributed by atoms with Crippen LogP contribution in [0.15, 0.2) is 21.0 Å². The highest BCUT2D eigenvalue weighted by molar-refractivity contribution is 7.17. The van der Waals surface area contributed by atoms with E-state index in [0.717, 1.165) is 51.5 Å². The number of hydrogen-bond donors (Lipinski definition) is 2. The van der Waals surface area contributed by atoms with E-state index in [1.165, 1.54) is 20.5 Å². The van der Waals surface area contributed by atoms with Crippen LogP contribution in [0.2, 0.25) is 0 Å². The van der Waals surface area contributed by atoms with Gasteiger partial charge in [0.05, 0.1) is 5.52 Å². The van der Waals surface area contributed by atoms with Gasteiger partial charge in [0.1, 0.15) is 11.2 Å². The Balaban J connectivity index is 1.74. The summed E-state index contributed by atoms with van der Waals surface area (Å²) in [5.41, 5.74) is -0.217. The Morgan fingerprint density at radius 3 is 2.55 bits per heavy atom. The van der Waals surface area contributed by atoms with Gasteiger partial charge in [-0.2, -0.15) is 0 Å². The zero-order chi connectivity index (χ0) is 24.0. The van der Waals surface area contributed by atoms with Crippen LogP contribution in [0.4, 0.5) is 0 Å². The molecule has 2 N–H and O–H groups in total. The first-order valence-corrected chi connectivity index (χ1v) is 13.0.